The van der Waals surface area contributed by atoms with Gasteiger partial charge in [-0.15, -0.1) is 11.8 Å². The number of hydrogen-bond acceptors (Lipinski definition) is 5. The van der Waals surface area contributed by atoms with Gasteiger partial charge < -0.3 is 9.63 Å². The lowest BCUT2D eigenvalue weighted by Gasteiger charge is -2.06. The van der Waals surface area contributed by atoms with Crippen molar-refractivity contribution in [2.24, 2.45) is 0 Å². The molecule has 0 bridgehead atoms. The zero-order valence-corrected chi connectivity index (χ0v) is 11.1. The van der Waals surface area contributed by atoms with E-state index in [1.807, 2.05) is 30.3 Å². The molecule has 1 N–H and O–H groups in total. The quantitative estimate of drug-likeness (QED) is 0.739. The number of aromatic nitrogens is 2. The van der Waals surface area contributed by atoms with E-state index in [-0.39, 0.29) is 0 Å². The Morgan fingerprint density at radius 2 is 1.95 bits per heavy atom. The second-order valence-electron chi connectivity index (χ2n) is 4.15. The Balaban J connectivity index is 1.91. The van der Waals surface area contributed by atoms with Crippen molar-refractivity contribution in [3.63, 3.8) is 0 Å². The van der Waals surface area contributed by atoms with Crippen LogP contribution in [0.2, 0.25) is 0 Å². The lowest BCUT2D eigenvalue weighted by atomic mass is 10.1. The molecule has 0 spiro atoms. The van der Waals surface area contributed by atoms with Crippen molar-refractivity contribution in [3.8, 4) is 5.75 Å². The highest BCUT2D eigenvalue weighted by Crippen LogP contribution is 2.34. The van der Waals surface area contributed by atoms with E-state index in [2.05, 4.69) is 10.1 Å². The first kappa shape index (κ1) is 12.0. The van der Waals surface area contributed by atoms with Crippen molar-refractivity contribution in [3.05, 3.63) is 48.1 Å². The van der Waals surface area contributed by atoms with Gasteiger partial charge in [-0.1, -0.05) is 29.4 Å². The van der Waals surface area contributed by atoms with Crippen LogP contribution in [0.25, 0.3) is 10.8 Å². The summed E-state index contributed by atoms with van der Waals surface area (Å²) in [6, 6.07) is 11.4. The smallest absolute Gasteiger partial charge is 0.236 e. The van der Waals surface area contributed by atoms with Crippen molar-refractivity contribution in [1.82, 2.24) is 10.1 Å². The maximum atomic E-state index is 9.83. The molecule has 0 aliphatic heterocycles. The number of thioether (sulfide) groups is 1. The number of rotatable bonds is 3. The third kappa shape index (κ3) is 2.42. The maximum absolute atomic E-state index is 9.83. The third-order valence-corrected chi connectivity index (χ3v) is 3.84. The monoisotopic (exact) mass is 272 g/mol. The topological polar surface area (TPSA) is 59.2 Å². The summed E-state index contributed by atoms with van der Waals surface area (Å²) in [4.78, 5) is 5.26. The van der Waals surface area contributed by atoms with Crippen LogP contribution < -0.4 is 0 Å². The summed E-state index contributed by atoms with van der Waals surface area (Å²) in [7, 11) is 0. The molecule has 0 saturated heterocycles. The van der Waals surface area contributed by atoms with E-state index in [0.29, 0.717) is 23.2 Å². The van der Waals surface area contributed by atoms with Crippen LogP contribution in [0.5, 0.6) is 5.75 Å². The number of phenolic OH excluding ortho intramolecular Hbond substituents is 1. The average Bonchev–Trinajstić information content (AvgIpc) is 2.84. The summed E-state index contributed by atoms with van der Waals surface area (Å²) in [6.45, 7) is 1.80. The molecule has 0 amide bonds. The van der Waals surface area contributed by atoms with Crippen molar-refractivity contribution < 1.29 is 9.63 Å². The van der Waals surface area contributed by atoms with Gasteiger partial charge in [-0.05, 0) is 24.4 Å². The van der Waals surface area contributed by atoms with Gasteiger partial charge in [0.25, 0.3) is 0 Å². The van der Waals surface area contributed by atoms with E-state index in [1.54, 1.807) is 24.8 Å². The largest absolute Gasteiger partial charge is 0.507 e. The molecule has 1 heterocycles. The number of phenols is 1. The molecular weight excluding hydrogens is 260 g/mol. The number of benzene rings is 2. The summed E-state index contributed by atoms with van der Waals surface area (Å²) in [5.74, 6) is 2.18. The molecule has 3 rings (SSSR count). The average molecular weight is 272 g/mol. The van der Waals surface area contributed by atoms with Gasteiger partial charge in [0.05, 0.1) is 5.75 Å². The molecule has 5 heteroatoms. The Morgan fingerprint density at radius 3 is 2.68 bits per heavy atom. The predicted molar refractivity (Wildman–Crippen MR) is 74.2 cm³/mol. The van der Waals surface area contributed by atoms with Crippen molar-refractivity contribution >= 4 is 22.5 Å². The first-order valence-corrected chi connectivity index (χ1v) is 6.85. The molecule has 0 saturated carbocycles. The zero-order chi connectivity index (χ0) is 13.2. The van der Waals surface area contributed by atoms with Gasteiger partial charge in [-0.3, -0.25) is 0 Å². The lowest BCUT2D eigenvalue weighted by molar-refractivity contribution is 0.387. The fourth-order valence-corrected chi connectivity index (χ4v) is 2.81. The highest BCUT2D eigenvalue weighted by Gasteiger charge is 2.08. The lowest BCUT2D eigenvalue weighted by Crippen LogP contribution is -1.83. The van der Waals surface area contributed by atoms with Crippen LogP contribution in [-0.2, 0) is 5.75 Å². The van der Waals surface area contributed by atoms with Crippen molar-refractivity contribution in [1.29, 1.82) is 0 Å². The minimum atomic E-state index is 0.300. The SMILES string of the molecule is Cc1noc(CSc2ccc(O)c3ccccc23)n1. The van der Waals surface area contributed by atoms with Gasteiger partial charge >= 0.3 is 0 Å². The minimum Gasteiger partial charge on any atom is -0.507 e. The summed E-state index contributed by atoms with van der Waals surface area (Å²) in [6.07, 6.45) is 0. The normalized spacial score (nSPS) is 11.0. The Kier molecular flexibility index (Phi) is 3.13. The van der Waals surface area contributed by atoms with Crippen molar-refractivity contribution in [2.45, 2.75) is 17.6 Å². The first-order chi connectivity index (χ1) is 9.24. The molecule has 0 aliphatic carbocycles. The van der Waals surface area contributed by atoms with E-state index < -0.39 is 0 Å². The predicted octanol–water partition coefficient (Wildman–Crippen LogP) is 3.53. The molecule has 1 aromatic heterocycles. The van der Waals surface area contributed by atoms with E-state index in [1.165, 1.54) is 0 Å². The third-order valence-electron chi connectivity index (χ3n) is 2.78. The van der Waals surface area contributed by atoms with Gasteiger partial charge in [0.1, 0.15) is 5.75 Å². The van der Waals surface area contributed by atoms with E-state index >= 15 is 0 Å². The number of hydrogen-bond donors (Lipinski definition) is 1. The molecule has 96 valence electrons. The van der Waals surface area contributed by atoms with E-state index in [9.17, 15) is 5.11 Å². The molecule has 0 atom stereocenters. The van der Waals surface area contributed by atoms with Crippen molar-refractivity contribution in [2.75, 3.05) is 0 Å². The van der Waals surface area contributed by atoms with Gasteiger partial charge in [0.15, 0.2) is 5.82 Å². The molecule has 2 aromatic carbocycles. The standard InChI is InChI=1S/C14H12N2O2S/c1-9-15-14(18-16-9)8-19-13-7-6-12(17)10-4-2-3-5-11(10)13/h2-7,17H,8H2,1H3. The molecule has 4 nitrogen and oxygen atoms in total. The van der Waals surface area contributed by atoms with Gasteiger partial charge in [0.2, 0.25) is 5.89 Å². The maximum Gasteiger partial charge on any atom is 0.236 e. The van der Waals surface area contributed by atoms with Crippen LogP contribution in [0, 0.1) is 6.92 Å². The number of aryl methyl sites for hydroxylation is 1. The molecular formula is C14H12N2O2S. The number of fused-ring (bicyclic) bond motifs is 1. The summed E-state index contributed by atoms with van der Waals surface area (Å²) in [5.41, 5.74) is 0. The van der Waals surface area contributed by atoms with E-state index in [4.69, 9.17) is 4.52 Å². The van der Waals surface area contributed by atoms with Crippen LogP contribution in [0.1, 0.15) is 11.7 Å². The fourth-order valence-electron chi connectivity index (χ4n) is 1.92. The number of aromatic hydroxyl groups is 1. The molecule has 0 aliphatic rings. The molecule has 0 radical (unpaired) electrons. The Bertz CT molecular complexity index is 724. The highest BCUT2D eigenvalue weighted by molar-refractivity contribution is 7.98. The van der Waals surface area contributed by atoms with Gasteiger partial charge in [0, 0.05) is 10.3 Å². The molecule has 0 fully saturated rings. The molecule has 3 aromatic rings. The van der Waals surface area contributed by atoms with Crippen LogP contribution in [0.4, 0.5) is 0 Å². The fraction of sp³-hybridized carbons (Fsp3) is 0.143. The number of nitrogens with zero attached hydrogens (tertiary/aromatic N) is 2. The first-order valence-electron chi connectivity index (χ1n) is 5.87. The molecule has 19 heavy (non-hydrogen) atoms. The molecule has 0 unspecified atom stereocenters. The summed E-state index contributed by atoms with van der Waals surface area (Å²) >= 11 is 1.62. The Morgan fingerprint density at radius 1 is 1.16 bits per heavy atom. The van der Waals surface area contributed by atoms with E-state index in [0.717, 1.165) is 15.7 Å². The van der Waals surface area contributed by atoms with Crippen LogP contribution in [0.3, 0.4) is 0 Å². The Labute approximate surface area is 114 Å². The van der Waals surface area contributed by atoms with Crippen LogP contribution in [-0.4, -0.2) is 15.2 Å². The van der Waals surface area contributed by atoms with Crippen LogP contribution >= 0.6 is 11.8 Å². The van der Waals surface area contributed by atoms with Gasteiger partial charge in [-0.25, -0.2) is 0 Å². The second-order valence-corrected chi connectivity index (χ2v) is 5.17. The van der Waals surface area contributed by atoms with Crippen LogP contribution in [0.15, 0.2) is 45.8 Å². The summed E-state index contributed by atoms with van der Waals surface area (Å²) in [5, 5.41) is 15.5. The zero-order valence-electron chi connectivity index (χ0n) is 10.3. The minimum absolute atomic E-state index is 0.300. The van der Waals surface area contributed by atoms with Gasteiger partial charge in [-0.2, -0.15) is 4.98 Å². The summed E-state index contributed by atoms with van der Waals surface area (Å²) < 4.78 is 5.09. The second kappa shape index (κ2) is 4.93. The highest BCUT2D eigenvalue weighted by atomic mass is 32.2. The Hall–Kier alpha value is -2.01.